The zero-order valence-electron chi connectivity index (χ0n) is 16.4. The van der Waals surface area contributed by atoms with Gasteiger partial charge in [0.05, 0.1) is 0 Å². The molecule has 1 aliphatic carbocycles. The van der Waals surface area contributed by atoms with Gasteiger partial charge < -0.3 is 10.3 Å². The minimum absolute atomic E-state index is 0.0653. The Hall–Kier alpha value is -2.36. The van der Waals surface area contributed by atoms with Crippen LogP contribution < -0.4 is 10.9 Å². The van der Waals surface area contributed by atoms with Crippen LogP contribution in [0.5, 0.6) is 0 Å². The predicted octanol–water partition coefficient (Wildman–Crippen LogP) is 4.25. The molecule has 3 rings (SSSR count). The number of carbonyl (C=O) groups excluding carboxylic acids is 1. The number of hydrogen-bond donors (Lipinski definition) is 2. The Labute approximate surface area is 161 Å². The Morgan fingerprint density at radius 1 is 1.15 bits per heavy atom. The van der Waals surface area contributed by atoms with Crippen LogP contribution in [-0.4, -0.2) is 17.9 Å². The van der Waals surface area contributed by atoms with Crippen molar-refractivity contribution >= 4 is 5.91 Å². The fraction of sp³-hybridized carbons (Fsp3) is 0.478. The summed E-state index contributed by atoms with van der Waals surface area (Å²) in [6.45, 7) is 2.15. The molecular weight excluding hydrogens is 336 g/mol. The van der Waals surface area contributed by atoms with Crippen molar-refractivity contribution in [2.45, 2.75) is 63.7 Å². The molecule has 0 radical (unpaired) electrons. The van der Waals surface area contributed by atoms with E-state index in [-0.39, 0.29) is 17.4 Å². The maximum Gasteiger partial charge on any atom is 0.251 e. The molecule has 0 spiro atoms. The van der Waals surface area contributed by atoms with Gasteiger partial charge in [0.1, 0.15) is 0 Å². The summed E-state index contributed by atoms with van der Waals surface area (Å²) < 4.78 is 0. The van der Waals surface area contributed by atoms with Gasteiger partial charge in [-0.1, -0.05) is 43.7 Å². The smallest absolute Gasteiger partial charge is 0.251 e. The summed E-state index contributed by atoms with van der Waals surface area (Å²) in [6, 6.07) is 12.8. The highest BCUT2D eigenvalue weighted by Crippen LogP contribution is 2.38. The molecule has 2 N–H and O–H groups in total. The number of hydrogen-bond acceptors (Lipinski definition) is 2. The Morgan fingerprint density at radius 2 is 1.89 bits per heavy atom. The average molecular weight is 367 g/mol. The summed E-state index contributed by atoms with van der Waals surface area (Å²) in [6.07, 6.45) is 6.54. The maximum absolute atomic E-state index is 12.5. The zero-order valence-corrected chi connectivity index (χ0v) is 16.4. The lowest BCUT2D eigenvalue weighted by Crippen LogP contribution is -2.17. The molecule has 144 valence electrons. The lowest BCUT2D eigenvalue weighted by Gasteiger charge is -2.18. The Bertz CT molecular complexity index is 819. The molecule has 27 heavy (non-hydrogen) atoms. The molecule has 1 aliphatic rings. The summed E-state index contributed by atoms with van der Waals surface area (Å²) in [5, 5.41) is 2.67. The number of H-pyrrole nitrogens is 1. The number of nitrogens with one attached hydrogen (secondary N) is 2. The number of aromatic amines is 1. The lowest BCUT2D eigenvalue weighted by atomic mass is 9.89. The first-order valence-corrected chi connectivity index (χ1v) is 10.1. The third-order valence-electron chi connectivity index (χ3n) is 5.57. The van der Waals surface area contributed by atoms with E-state index in [0.717, 1.165) is 49.8 Å². The largest absolute Gasteiger partial charge is 0.359 e. The summed E-state index contributed by atoms with van der Waals surface area (Å²) in [5.41, 5.74) is 4.51. The molecule has 0 bridgehead atoms. The summed E-state index contributed by atoms with van der Waals surface area (Å²) in [5.74, 6) is 0.695. The molecule has 0 aliphatic heterocycles. The molecule has 1 fully saturated rings. The van der Waals surface area contributed by atoms with Crippen LogP contribution in [-0.2, 0) is 11.2 Å². The van der Waals surface area contributed by atoms with Crippen molar-refractivity contribution in [2.75, 3.05) is 7.05 Å². The van der Waals surface area contributed by atoms with Crippen molar-refractivity contribution in [3.8, 4) is 0 Å². The van der Waals surface area contributed by atoms with Gasteiger partial charge in [-0.3, -0.25) is 9.59 Å². The molecule has 4 heteroatoms. The number of rotatable bonds is 9. The minimum atomic E-state index is 0.0653. The number of aryl methyl sites for hydroxylation is 1. The van der Waals surface area contributed by atoms with Crippen LogP contribution in [0.2, 0.25) is 0 Å². The SMILES string of the molecule is CCc1ccc(C(CCCCC(=O)NC)c2ccc(C3CC3)c(=O)[nH]2)cc1. The van der Waals surface area contributed by atoms with E-state index in [4.69, 9.17) is 0 Å². The summed E-state index contributed by atoms with van der Waals surface area (Å²) in [7, 11) is 1.67. The first-order valence-electron chi connectivity index (χ1n) is 10.1. The Balaban J connectivity index is 1.78. The fourth-order valence-corrected chi connectivity index (χ4v) is 3.67. The highest BCUT2D eigenvalue weighted by molar-refractivity contribution is 5.75. The van der Waals surface area contributed by atoms with Crippen molar-refractivity contribution in [2.24, 2.45) is 0 Å². The number of pyridine rings is 1. The molecule has 1 heterocycles. The molecule has 1 unspecified atom stereocenters. The molecule has 0 saturated heterocycles. The van der Waals surface area contributed by atoms with Gasteiger partial charge in [-0.15, -0.1) is 0 Å². The third kappa shape index (κ3) is 5.09. The van der Waals surface area contributed by atoms with E-state index in [0.29, 0.717) is 12.3 Å². The van der Waals surface area contributed by atoms with Crippen molar-refractivity contribution in [1.29, 1.82) is 0 Å². The van der Waals surface area contributed by atoms with E-state index in [2.05, 4.69) is 47.6 Å². The van der Waals surface area contributed by atoms with Crippen LogP contribution in [0, 0.1) is 0 Å². The molecule has 2 aromatic rings. The first-order chi connectivity index (χ1) is 13.1. The van der Waals surface area contributed by atoms with Crippen molar-refractivity contribution in [3.63, 3.8) is 0 Å². The van der Waals surface area contributed by atoms with Gasteiger partial charge in [0.2, 0.25) is 5.91 Å². The molecule has 4 nitrogen and oxygen atoms in total. The molecule has 1 saturated carbocycles. The topological polar surface area (TPSA) is 62.0 Å². The predicted molar refractivity (Wildman–Crippen MR) is 109 cm³/mol. The first kappa shape index (κ1) is 19.4. The molecule has 1 atom stereocenters. The number of aromatic nitrogens is 1. The average Bonchev–Trinajstić information content (AvgIpc) is 3.53. The van der Waals surface area contributed by atoms with Crippen LogP contribution in [0.15, 0.2) is 41.2 Å². The van der Waals surface area contributed by atoms with E-state index in [1.807, 2.05) is 6.07 Å². The number of carbonyl (C=O) groups is 1. The van der Waals surface area contributed by atoms with Gasteiger partial charge in [0, 0.05) is 30.6 Å². The Morgan fingerprint density at radius 3 is 2.48 bits per heavy atom. The fourth-order valence-electron chi connectivity index (χ4n) is 3.67. The van der Waals surface area contributed by atoms with E-state index in [1.165, 1.54) is 11.1 Å². The van der Waals surface area contributed by atoms with Crippen LogP contribution in [0.25, 0.3) is 0 Å². The van der Waals surface area contributed by atoms with E-state index in [1.54, 1.807) is 7.05 Å². The highest BCUT2D eigenvalue weighted by atomic mass is 16.1. The van der Waals surface area contributed by atoms with Gasteiger partial charge in [-0.2, -0.15) is 0 Å². The zero-order chi connectivity index (χ0) is 19.2. The standard InChI is InChI=1S/C23H30N2O2/c1-3-16-8-10-17(11-9-16)19(6-4-5-7-22(26)24-2)21-15-14-20(18-12-13-18)23(27)25-21/h8-11,14-15,18-19H,3-7,12-13H2,1-2H3,(H,24,26)(H,25,27). The van der Waals surface area contributed by atoms with Crippen molar-refractivity contribution in [3.05, 3.63) is 69.1 Å². The second-order valence-electron chi connectivity index (χ2n) is 7.54. The molecule has 1 aromatic carbocycles. The molecule has 1 aromatic heterocycles. The highest BCUT2D eigenvalue weighted by Gasteiger charge is 2.26. The summed E-state index contributed by atoms with van der Waals surface area (Å²) in [4.78, 5) is 27.1. The number of amides is 1. The van der Waals surface area contributed by atoms with Gasteiger partial charge >= 0.3 is 0 Å². The minimum Gasteiger partial charge on any atom is -0.359 e. The van der Waals surface area contributed by atoms with E-state index in [9.17, 15) is 9.59 Å². The lowest BCUT2D eigenvalue weighted by molar-refractivity contribution is -0.120. The van der Waals surface area contributed by atoms with E-state index < -0.39 is 0 Å². The van der Waals surface area contributed by atoms with Gasteiger partial charge in [0.25, 0.3) is 5.56 Å². The maximum atomic E-state index is 12.5. The number of benzene rings is 1. The number of unbranched alkanes of at least 4 members (excludes halogenated alkanes) is 1. The Kier molecular flexibility index (Phi) is 6.49. The third-order valence-corrected chi connectivity index (χ3v) is 5.57. The van der Waals surface area contributed by atoms with Crippen LogP contribution in [0.4, 0.5) is 0 Å². The quantitative estimate of drug-likeness (QED) is 0.652. The van der Waals surface area contributed by atoms with E-state index >= 15 is 0 Å². The van der Waals surface area contributed by atoms with Crippen molar-refractivity contribution in [1.82, 2.24) is 10.3 Å². The van der Waals surface area contributed by atoms with Gasteiger partial charge in [-0.05, 0) is 55.2 Å². The van der Waals surface area contributed by atoms with Gasteiger partial charge in [-0.25, -0.2) is 0 Å². The molecule has 1 amide bonds. The van der Waals surface area contributed by atoms with Crippen LogP contribution in [0.1, 0.15) is 79.7 Å². The van der Waals surface area contributed by atoms with Gasteiger partial charge in [0.15, 0.2) is 0 Å². The van der Waals surface area contributed by atoms with Crippen LogP contribution >= 0.6 is 0 Å². The monoisotopic (exact) mass is 366 g/mol. The second kappa shape index (κ2) is 9.03. The molecular formula is C23H30N2O2. The normalized spacial score (nSPS) is 14.7. The summed E-state index contributed by atoms with van der Waals surface area (Å²) >= 11 is 0. The second-order valence-corrected chi connectivity index (χ2v) is 7.54. The van der Waals surface area contributed by atoms with Crippen molar-refractivity contribution < 1.29 is 4.79 Å². The van der Waals surface area contributed by atoms with Crippen LogP contribution in [0.3, 0.4) is 0 Å².